The van der Waals surface area contributed by atoms with Crippen LogP contribution in [0.4, 0.5) is 61.5 Å². The molecule has 0 aromatic rings. The number of alkyl halides is 12. The number of carbonyl (C=O) groups excluding carboxylic acids is 1. The fourth-order valence-corrected chi connectivity index (χ4v) is 0.614. The maximum Gasteiger partial charge on any atom is 0.612 e. The minimum Gasteiger partial charge on any atom is -0.189 e. The van der Waals surface area contributed by atoms with Crippen LogP contribution in [0.5, 0.6) is 0 Å². The zero-order chi connectivity index (χ0) is 19.1. The van der Waals surface area contributed by atoms with Gasteiger partial charge in [-0.3, -0.25) is 0 Å². The molecule has 0 amide bonds. The smallest absolute Gasteiger partial charge is 0.189 e. The minimum absolute atomic E-state index is 0.783. The van der Waals surface area contributed by atoms with Crippen molar-refractivity contribution >= 4 is 12.0 Å². The van der Waals surface area contributed by atoms with Crippen LogP contribution < -0.4 is 0 Å². The summed E-state index contributed by atoms with van der Waals surface area (Å²) in [5.41, 5.74) is 0. The van der Waals surface area contributed by atoms with Gasteiger partial charge in [0.2, 0.25) is 5.16 Å². The summed E-state index contributed by atoms with van der Waals surface area (Å²) in [6, 6.07) is -4.09. The summed E-state index contributed by atoms with van der Waals surface area (Å²) in [7, 11) is 0. The fraction of sp³-hybridized carbons (Fsp3) is 0.714. The normalized spacial score (nSPS) is 16.8. The van der Waals surface area contributed by atoms with Gasteiger partial charge in [0, 0.05) is 0 Å². The first-order chi connectivity index (χ1) is 9.80. The van der Waals surface area contributed by atoms with Crippen molar-refractivity contribution in [2.75, 3.05) is 0 Å². The van der Waals surface area contributed by atoms with Gasteiger partial charge in [0.15, 0.2) is 0 Å². The molecule has 0 saturated carbocycles. The molecule has 0 aliphatic rings. The van der Waals surface area contributed by atoms with Crippen LogP contribution in [0.2, 0.25) is 0 Å². The summed E-state index contributed by atoms with van der Waals surface area (Å²) in [6.07, 6.45) is -13.8. The van der Waals surface area contributed by atoms with E-state index in [1.54, 1.807) is 0 Å². The van der Waals surface area contributed by atoms with Crippen molar-refractivity contribution < 1.29 is 66.0 Å². The molecule has 0 spiro atoms. The van der Waals surface area contributed by atoms with Gasteiger partial charge in [-0.05, 0) is 4.53 Å². The molecule has 0 unspecified atom stereocenters. The Bertz CT molecular complexity index is 496. The van der Waals surface area contributed by atoms with Crippen LogP contribution in [-0.2, 0) is 4.53 Å². The lowest BCUT2D eigenvalue weighted by atomic mass is 10.1. The highest BCUT2D eigenvalue weighted by Gasteiger charge is 2.77. The first-order valence-electron chi connectivity index (χ1n) is 4.51. The van der Waals surface area contributed by atoms with Gasteiger partial charge in [-0.25, -0.2) is 0 Å². The van der Waals surface area contributed by atoms with E-state index in [1.807, 2.05) is 0 Å². The fourth-order valence-electron chi connectivity index (χ4n) is 0.614. The van der Waals surface area contributed by atoms with Crippen LogP contribution in [0.1, 0.15) is 0 Å². The number of hydrogen-bond donors (Lipinski definition) is 0. The number of rotatable bonds is 4. The maximum absolute atomic E-state index is 12.5. The summed E-state index contributed by atoms with van der Waals surface area (Å²) in [5.74, 6) is -24.8. The average Bonchev–Trinajstić information content (AvgIpc) is 2.31. The predicted octanol–water partition coefficient (Wildman–Crippen LogP) is 4.33. The Morgan fingerprint density at radius 3 is 1.30 bits per heavy atom. The van der Waals surface area contributed by atoms with E-state index in [0.717, 1.165) is 5.16 Å². The Kier molecular flexibility index (Phi) is 5.36. The summed E-state index contributed by atoms with van der Waals surface area (Å²) < 4.78 is 170. The van der Waals surface area contributed by atoms with Crippen molar-refractivity contribution in [1.82, 2.24) is 0 Å². The largest absolute Gasteiger partial charge is 0.612 e. The second-order valence-electron chi connectivity index (χ2n) is 3.47. The topological polar surface area (TPSA) is 23.7 Å². The molecule has 0 radical (unpaired) electrons. The van der Waals surface area contributed by atoms with Crippen LogP contribution in [0, 0.1) is 0 Å². The van der Waals surface area contributed by atoms with E-state index in [4.69, 9.17) is 0 Å². The van der Waals surface area contributed by atoms with Gasteiger partial charge in [0.25, 0.3) is 0 Å². The molecular formula is C7F14NO+. The number of halogens is 14. The zero-order valence-corrected chi connectivity index (χ0v) is 9.65. The highest BCUT2D eigenvalue weighted by atomic mass is 19.4. The lowest BCUT2D eigenvalue weighted by Crippen LogP contribution is -2.55. The molecule has 16 heteroatoms. The van der Waals surface area contributed by atoms with E-state index >= 15 is 0 Å². The molecule has 0 N–H and O–H groups in total. The number of hydrogen-bond acceptors (Lipinski definition) is 1. The maximum atomic E-state index is 12.5. The van der Waals surface area contributed by atoms with E-state index in [9.17, 15) is 61.5 Å². The second kappa shape index (κ2) is 5.77. The lowest BCUT2D eigenvalue weighted by molar-refractivity contribution is -0.483. The quantitative estimate of drug-likeness (QED) is 0.228. The van der Waals surface area contributed by atoms with Gasteiger partial charge >= 0.3 is 42.1 Å². The monoisotopic (exact) mass is 380 g/mol. The van der Waals surface area contributed by atoms with E-state index in [0.29, 0.717) is 0 Å². The van der Waals surface area contributed by atoms with Gasteiger partial charge in [-0.15, -0.1) is 4.39 Å². The van der Waals surface area contributed by atoms with Gasteiger partial charge < -0.3 is 0 Å². The number of nitrogens with zero attached hydrogens (tertiary/aromatic N) is 1. The molecule has 0 aromatic heterocycles. The Balaban J connectivity index is 5.75. The Labute approximate surface area is 115 Å². The van der Waals surface area contributed by atoms with Crippen LogP contribution in [0.3, 0.4) is 0 Å². The second-order valence-corrected chi connectivity index (χ2v) is 3.47. The molecule has 0 bridgehead atoms. The highest BCUT2D eigenvalue weighted by molar-refractivity contribution is 5.83. The summed E-state index contributed by atoms with van der Waals surface area (Å²) >= 11 is 0. The number of oxime groups is 1. The average molecular weight is 380 g/mol. The van der Waals surface area contributed by atoms with E-state index in [-0.39, 0.29) is 0 Å². The zero-order valence-electron chi connectivity index (χ0n) is 9.65. The molecule has 23 heavy (non-hydrogen) atoms. The summed E-state index contributed by atoms with van der Waals surface area (Å²) in [5, 5.41) is 0.783. The van der Waals surface area contributed by atoms with Crippen LogP contribution in [-0.4, -0.2) is 42.1 Å². The molecule has 0 saturated heterocycles. The molecule has 136 valence electrons. The van der Waals surface area contributed by atoms with Crippen LogP contribution >= 0.6 is 0 Å². The Morgan fingerprint density at radius 2 is 1.00 bits per heavy atom. The Morgan fingerprint density at radius 1 is 0.609 bits per heavy atom. The third kappa shape index (κ3) is 3.82. The molecule has 0 fully saturated rings. The van der Waals surface area contributed by atoms with Crippen molar-refractivity contribution in [2.24, 2.45) is 5.16 Å². The van der Waals surface area contributed by atoms with Crippen molar-refractivity contribution in [3.05, 3.63) is 0 Å². The predicted molar refractivity (Wildman–Crippen MR) is 41.6 cm³/mol. The standard InChI is InChI=1S/C7F14NO/c8-1(3(10,11)5(14,15)7(19,20)21)22-23-2(9)4(12,13)6(16,17)18/q+1/b22-1+. The van der Waals surface area contributed by atoms with Crippen LogP contribution in [0.15, 0.2) is 5.16 Å². The molecule has 0 aliphatic heterocycles. The van der Waals surface area contributed by atoms with E-state index in [1.165, 1.54) is 0 Å². The molecule has 0 aromatic carbocycles. The first kappa shape index (κ1) is 21.4. The van der Waals surface area contributed by atoms with E-state index in [2.05, 4.69) is 4.53 Å². The molecule has 0 atom stereocenters. The van der Waals surface area contributed by atoms with Gasteiger partial charge in [0.05, 0.1) is 0 Å². The third-order valence-electron chi connectivity index (χ3n) is 1.82. The summed E-state index contributed by atoms with van der Waals surface area (Å²) in [6.45, 7) is 0. The summed E-state index contributed by atoms with van der Waals surface area (Å²) in [4.78, 5) is 0. The van der Waals surface area contributed by atoms with E-state index < -0.39 is 42.1 Å². The van der Waals surface area contributed by atoms with Crippen LogP contribution in [0.25, 0.3) is 0 Å². The lowest BCUT2D eigenvalue weighted by Gasteiger charge is -2.24. The van der Waals surface area contributed by atoms with Gasteiger partial charge in [-0.1, -0.05) is 0 Å². The molecule has 0 heterocycles. The van der Waals surface area contributed by atoms with Crippen molar-refractivity contribution in [3.8, 4) is 0 Å². The van der Waals surface area contributed by atoms with Gasteiger partial charge in [-0.2, -0.15) is 57.1 Å². The molecule has 0 rings (SSSR count). The van der Waals surface area contributed by atoms with Gasteiger partial charge in [0.1, 0.15) is 0 Å². The Hall–Kier alpha value is -1.64. The first-order valence-corrected chi connectivity index (χ1v) is 4.51. The minimum atomic E-state index is -7.15. The third-order valence-corrected chi connectivity index (χ3v) is 1.82. The highest BCUT2D eigenvalue weighted by Crippen LogP contribution is 2.47. The van der Waals surface area contributed by atoms with Crippen molar-refractivity contribution in [3.63, 3.8) is 0 Å². The van der Waals surface area contributed by atoms with Crippen molar-refractivity contribution in [1.29, 1.82) is 0 Å². The van der Waals surface area contributed by atoms with Crippen molar-refractivity contribution in [2.45, 2.75) is 30.1 Å². The molecular weight excluding hydrogens is 380 g/mol. The molecule has 2 nitrogen and oxygen atoms in total. The molecule has 0 aliphatic carbocycles. The SMILES string of the molecule is FC(=[O+]/N=C(/F)C(F)(F)C(F)(F)C(F)(F)F)C(F)(F)C(F)(F)F.